The number of aliphatic imine (C=N–C) groups is 1. The molecule has 2 aromatic carbocycles. The molecule has 0 radical (unpaired) electrons. The second kappa shape index (κ2) is 5.32. The smallest absolute Gasteiger partial charge is 0.230 e. The molecule has 0 aromatic heterocycles. The van der Waals surface area contributed by atoms with Crippen molar-refractivity contribution in [2.45, 2.75) is 25.2 Å². The Labute approximate surface area is 135 Å². The number of carbonyl (C=O) groups is 1. The first-order valence-electron chi connectivity index (χ1n) is 7.84. The van der Waals surface area contributed by atoms with Crippen LogP contribution < -0.4 is 5.32 Å². The summed E-state index contributed by atoms with van der Waals surface area (Å²) in [7, 11) is 0. The molecule has 4 rings (SSSR count). The molecule has 4 nitrogen and oxygen atoms in total. The van der Waals surface area contributed by atoms with Gasteiger partial charge in [-0.1, -0.05) is 48.5 Å². The van der Waals surface area contributed by atoms with Crippen molar-refractivity contribution >= 4 is 17.3 Å². The number of amides is 1. The monoisotopic (exact) mass is 306 g/mol. The number of rotatable bonds is 3. The lowest BCUT2D eigenvalue weighted by molar-refractivity contribution is -0.122. The number of fused-ring (bicyclic) bond motifs is 2. The van der Waals surface area contributed by atoms with Crippen molar-refractivity contribution in [1.82, 2.24) is 0 Å². The van der Waals surface area contributed by atoms with E-state index in [-0.39, 0.29) is 18.1 Å². The van der Waals surface area contributed by atoms with Gasteiger partial charge in [0, 0.05) is 12.1 Å². The van der Waals surface area contributed by atoms with Gasteiger partial charge in [0.05, 0.1) is 11.6 Å². The summed E-state index contributed by atoms with van der Waals surface area (Å²) in [5.41, 5.74) is 2.05. The fraction of sp³-hybridized carbons (Fsp3) is 0.263. The molecule has 3 atom stereocenters. The topological polar surface area (TPSA) is 50.7 Å². The number of benzene rings is 2. The van der Waals surface area contributed by atoms with Crippen molar-refractivity contribution < 1.29 is 9.53 Å². The van der Waals surface area contributed by atoms with E-state index in [1.165, 1.54) is 0 Å². The third kappa shape index (κ3) is 2.35. The zero-order chi connectivity index (χ0) is 15.9. The molecular formula is C19H18N2O2. The molecule has 116 valence electrons. The van der Waals surface area contributed by atoms with Crippen molar-refractivity contribution in [2.24, 2.45) is 10.9 Å². The fourth-order valence-electron chi connectivity index (χ4n) is 3.48. The Morgan fingerprint density at radius 3 is 2.43 bits per heavy atom. The van der Waals surface area contributed by atoms with Crippen LogP contribution in [0.5, 0.6) is 0 Å². The third-order valence-corrected chi connectivity index (χ3v) is 4.63. The Hall–Kier alpha value is -2.46. The Morgan fingerprint density at radius 2 is 1.78 bits per heavy atom. The van der Waals surface area contributed by atoms with Crippen LogP contribution in [0.25, 0.3) is 0 Å². The summed E-state index contributed by atoms with van der Waals surface area (Å²) < 4.78 is 6.03. The summed E-state index contributed by atoms with van der Waals surface area (Å²) >= 11 is 0. The number of para-hydroxylation sites is 1. The highest BCUT2D eigenvalue weighted by Gasteiger charge is 2.56. The maximum absolute atomic E-state index is 12.7. The number of nitrogens with one attached hydrogen (secondary N) is 1. The van der Waals surface area contributed by atoms with E-state index in [1.807, 2.05) is 67.6 Å². The van der Waals surface area contributed by atoms with Crippen LogP contribution in [0.1, 0.15) is 18.9 Å². The van der Waals surface area contributed by atoms with E-state index in [4.69, 9.17) is 4.74 Å². The fourth-order valence-corrected chi connectivity index (χ4v) is 3.48. The first kappa shape index (κ1) is 14.2. The molecule has 1 saturated heterocycles. The van der Waals surface area contributed by atoms with E-state index < -0.39 is 5.60 Å². The highest BCUT2D eigenvalue weighted by molar-refractivity contribution is 6.11. The first-order valence-corrected chi connectivity index (χ1v) is 7.84. The minimum Gasteiger partial charge on any atom is -0.343 e. The van der Waals surface area contributed by atoms with Gasteiger partial charge in [-0.15, -0.1) is 0 Å². The van der Waals surface area contributed by atoms with Crippen LogP contribution in [0.3, 0.4) is 0 Å². The van der Waals surface area contributed by atoms with Crippen molar-refractivity contribution in [2.75, 3.05) is 5.32 Å². The number of hydrogen-bond acceptors (Lipinski definition) is 3. The Bertz CT molecular complexity index is 757. The third-order valence-electron chi connectivity index (χ3n) is 4.63. The normalized spacial score (nSPS) is 28.5. The van der Waals surface area contributed by atoms with E-state index in [2.05, 4.69) is 10.3 Å². The molecule has 0 aliphatic carbocycles. The lowest BCUT2D eigenvalue weighted by atomic mass is 9.79. The van der Waals surface area contributed by atoms with Gasteiger partial charge in [0.1, 0.15) is 5.60 Å². The molecule has 0 spiro atoms. The highest BCUT2D eigenvalue weighted by atomic mass is 16.5. The SMILES string of the molecule is CC12OC(CC1C(=O)Nc1ccccc1)N=C2c1ccccc1. The summed E-state index contributed by atoms with van der Waals surface area (Å²) in [4.78, 5) is 17.4. The zero-order valence-corrected chi connectivity index (χ0v) is 12.9. The molecule has 2 heterocycles. The predicted octanol–water partition coefficient (Wildman–Crippen LogP) is 3.25. The quantitative estimate of drug-likeness (QED) is 0.946. The molecule has 4 heteroatoms. The van der Waals surface area contributed by atoms with Gasteiger partial charge in [0.2, 0.25) is 5.91 Å². The molecular weight excluding hydrogens is 288 g/mol. The number of carbonyl (C=O) groups excluding carboxylic acids is 1. The van der Waals surface area contributed by atoms with Gasteiger partial charge in [0.25, 0.3) is 0 Å². The van der Waals surface area contributed by atoms with Crippen molar-refractivity contribution in [1.29, 1.82) is 0 Å². The van der Waals surface area contributed by atoms with Gasteiger partial charge in [-0.25, -0.2) is 0 Å². The van der Waals surface area contributed by atoms with Crippen molar-refractivity contribution in [3.05, 3.63) is 66.2 Å². The number of anilines is 1. The summed E-state index contributed by atoms with van der Waals surface area (Å²) in [6.07, 6.45) is 0.410. The minimum atomic E-state index is -0.662. The Kier molecular flexibility index (Phi) is 3.27. The van der Waals surface area contributed by atoms with Gasteiger partial charge in [0.15, 0.2) is 6.23 Å². The van der Waals surface area contributed by atoms with Gasteiger partial charge in [-0.3, -0.25) is 9.79 Å². The van der Waals surface area contributed by atoms with Gasteiger partial charge >= 0.3 is 0 Å². The summed E-state index contributed by atoms with van der Waals surface area (Å²) in [6.45, 7) is 1.97. The highest BCUT2D eigenvalue weighted by Crippen LogP contribution is 2.45. The van der Waals surface area contributed by atoms with Crippen LogP contribution in [-0.4, -0.2) is 23.4 Å². The van der Waals surface area contributed by atoms with Crippen LogP contribution >= 0.6 is 0 Å². The van der Waals surface area contributed by atoms with Crippen LogP contribution in [0.4, 0.5) is 5.69 Å². The number of ether oxygens (including phenoxy) is 1. The molecule has 2 aliphatic rings. The Morgan fingerprint density at radius 1 is 1.13 bits per heavy atom. The van der Waals surface area contributed by atoms with Gasteiger partial charge < -0.3 is 10.1 Å². The second-order valence-corrected chi connectivity index (χ2v) is 6.17. The average Bonchev–Trinajstić information content (AvgIpc) is 3.09. The molecule has 1 fully saturated rings. The molecule has 1 amide bonds. The summed E-state index contributed by atoms with van der Waals surface area (Å²) in [5, 5.41) is 2.99. The maximum Gasteiger partial charge on any atom is 0.230 e. The predicted molar refractivity (Wildman–Crippen MR) is 89.4 cm³/mol. The largest absolute Gasteiger partial charge is 0.343 e. The summed E-state index contributed by atoms with van der Waals surface area (Å²) in [6, 6.07) is 19.5. The van der Waals surface area contributed by atoms with Crippen LogP contribution in [0.2, 0.25) is 0 Å². The Balaban J connectivity index is 1.60. The van der Waals surface area contributed by atoms with Crippen LogP contribution in [0, 0.1) is 5.92 Å². The minimum absolute atomic E-state index is 0.00969. The lowest BCUT2D eigenvalue weighted by Crippen LogP contribution is -2.45. The molecule has 2 aromatic rings. The standard InChI is InChI=1S/C19H18N2O2/c1-19-15(18(22)20-14-10-6-3-7-11-14)12-16(23-19)21-17(19)13-8-4-2-5-9-13/h2-11,15-16H,12H2,1H3,(H,20,22). The zero-order valence-electron chi connectivity index (χ0n) is 12.9. The second-order valence-electron chi connectivity index (χ2n) is 6.17. The van der Waals surface area contributed by atoms with E-state index in [0.29, 0.717) is 6.42 Å². The molecule has 2 aliphatic heterocycles. The number of hydrogen-bond donors (Lipinski definition) is 1. The van der Waals surface area contributed by atoms with Crippen LogP contribution in [0.15, 0.2) is 65.7 Å². The summed E-state index contributed by atoms with van der Waals surface area (Å²) in [5.74, 6) is -0.245. The molecule has 23 heavy (non-hydrogen) atoms. The molecule has 0 saturated carbocycles. The van der Waals surface area contributed by atoms with Crippen LogP contribution in [-0.2, 0) is 9.53 Å². The maximum atomic E-state index is 12.7. The van der Waals surface area contributed by atoms with Crippen molar-refractivity contribution in [3.63, 3.8) is 0 Å². The molecule has 3 unspecified atom stereocenters. The van der Waals surface area contributed by atoms with E-state index in [9.17, 15) is 4.79 Å². The lowest BCUT2D eigenvalue weighted by Gasteiger charge is -2.29. The average molecular weight is 306 g/mol. The molecule has 1 N–H and O–H groups in total. The van der Waals surface area contributed by atoms with Gasteiger partial charge in [-0.2, -0.15) is 0 Å². The van der Waals surface area contributed by atoms with E-state index >= 15 is 0 Å². The first-order chi connectivity index (χ1) is 11.2. The van der Waals surface area contributed by atoms with E-state index in [0.717, 1.165) is 17.0 Å². The van der Waals surface area contributed by atoms with Crippen molar-refractivity contribution in [3.8, 4) is 0 Å². The van der Waals surface area contributed by atoms with E-state index in [1.54, 1.807) is 0 Å². The molecule has 2 bridgehead atoms. The number of nitrogens with zero attached hydrogens (tertiary/aromatic N) is 1. The van der Waals surface area contributed by atoms with Gasteiger partial charge in [-0.05, 0) is 24.6 Å².